The molecular formula is C16H29NO3. The van der Waals surface area contributed by atoms with E-state index in [0.29, 0.717) is 24.0 Å². The van der Waals surface area contributed by atoms with E-state index in [2.05, 4.69) is 19.2 Å². The van der Waals surface area contributed by atoms with E-state index < -0.39 is 0 Å². The van der Waals surface area contributed by atoms with Gasteiger partial charge in [0, 0.05) is 38.2 Å². The number of rotatable bonds is 4. The van der Waals surface area contributed by atoms with Crippen molar-refractivity contribution in [2.45, 2.75) is 57.3 Å². The van der Waals surface area contributed by atoms with Gasteiger partial charge in [-0.15, -0.1) is 0 Å². The molecule has 0 amide bonds. The van der Waals surface area contributed by atoms with E-state index in [9.17, 15) is 0 Å². The topological polar surface area (TPSA) is 39.7 Å². The summed E-state index contributed by atoms with van der Waals surface area (Å²) in [5, 5.41) is 3.75. The lowest BCUT2D eigenvalue weighted by Gasteiger charge is -2.43. The smallest absolute Gasteiger partial charge is 0.0939 e. The van der Waals surface area contributed by atoms with E-state index in [1.165, 1.54) is 12.8 Å². The van der Waals surface area contributed by atoms with Gasteiger partial charge in [-0.05, 0) is 38.6 Å². The van der Waals surface area contributed by atoms with Crippen molar-refractivity contribution in [1.29, 1.82) is 0 Å². The second-order valence-corrected chi connectivity index (χ2v) is 6.70. The second kappa shape index (κ2) is 6.30. The van der Waals surface area contributed by atoms with E-state index in [0.717, 1.165) is 45.8 Å². The van der Waals surface area contributed by atoms with Crippen molar-refractivity contribution in [2.75, 3.05) is 33.0 Å². The molecule has 4 heteroatoms. The molecule has 3 rings (SSSR count). The van der Waals surface area contributed by atoms with Gasteiger partial charge in [0.25, 0.3) is 0 Å². The van der Waals surface area contributed by atoms with Crippen LogP contribution < -0.4 is 5.32 Å². The van der Waals surface area contributed by atoms with Gasteiger partial charge in [-0.1, -0.05) is 6.92 Å². The molecule has 0 radical (unpaired) electrons. The van der Waals surface area contributed by atoms with Crippen LogP contribution in [-0.2, 0) is 14.2 Å². The third-order valence-corrected chi connectivity index (χ3v) is 5.44. The van der Waals surface area contributed by atoms with Gasteiger partial charge in [0.05, 0.1) is 18.3 Å². The Kier molecular flexibility index (Phi) is 4.65. The monoisotopic (exact) mass is 283 g/mol. The molecule has 5 atom stereocenters. The maximum atomic E-state index is 6.09. The first-order valence-electron chi connectivity index (χ1n) is 8.31. The number of hydrogen-bond acceptors (Lipinski definition) is 4. The largest absolute Gasteiger partial charge is 0.378 e. The summed E-state index contributed by atoms with van der Waals surface area (Å²) < 4.78 is 17.5. The molecule has 1 spiro atoms. The molecule has 3 saturated heterocycles. The molecule has 0 aromatic rings. The molecule has 0 saturated carbocycles. The molecule has 20 heavy (non-hydrogen) atoms. The summed E-state index contributed by atoms with van der Waals surface area (Å²) in [6.45, 7) is 8.94. The van der Waals surface area contributed by atoms with E-state index in [-0.39, 0.29) is 5.60 Å². The Labute approximate surface area is 122 Å². The summed E-state index contributed by atoms with van der Waals surface area (Å²) in [4.78, 5) is 0. The Morgan fingerprint density at radius 3 is 2.80 bits per heavy atom. The number of hydrogen-bond donors (Lipinski definition) is 1. The summed E-state index contributed by atoms with van der Waals surface area (Å²) in [7, 11) is 0. The van der Waals surface area contributed by atoms with Gasteiger partial charge in [-0.2, -0.15) is 0 Å². The minimum absolute atomic E-state index is 0.0132. The molecule has 3 heterocycles. The van der Waals surface area contributed by atoms with Gasteiger partial charge in [0.15, 0.2) is 0 Å². The molecule has 0 bridgehead atoms. The molecule has 116 valence electrons. The maximum Gasteiger partial charge on any atom is 0.0939 e. The predicted molar refractivity (Wildman–Crippen MR) is 77.8 cm³/mol. The predicted octanol–water partition coefficient (Wildman–Crippen LogP) is 1.98. The molecule has 0 aliphatic carbocycles. The van der Waals surface area contributed by atoms with Crippen LogP contribution in [0.4, 0.5) is 0 Å². The fourth-order valence-corrected chi connectivity index (χ4v) is 4.36. The van der Waals surface area contributed by atoms with Gasteiger partial charge in [-0.3, -0.25) is 0 Å². The van der Waals surface area contributed by atoms with E-state index in [1.807, 2.05) is 0 Å². The van der Waals surface area contributed by atoms with E-state index in [1.54, 1.807) is 0 Å². The minimum Gasteiger partial charge on any atom is -0.378 e. The number of nitrogens with one attached hydrogen (secondary N) is 1. The Bertz CT molecular complexity index is 317. The normalized spacial score (nSPS) is 43.2. The van der Waals surface area contributed by atoms with Crippen LogP contribution in [0.15, 0.2) is 0 Å². The van der Waals surface area contributed by atoms with Crippen molar-refractivity contribution >= 4 is 0 Å². The molecule has 5 unspecified atom stereocenters. The van der Waals surface area contributed by atoms with Crippen LogP contribution in [0.5, 0.6) is 0 Å². The van der Waals surface area contributed by atoms with Gasteiger partial charge in [0.2, 0.25) is 0 Å². The Morgan fingerprint density at radius 2 is 2.15 bits per heavy atom. The van der Waals surface area contributed by atoms with Crippen molar-refractivity contribution in [2.24, 2.45) is 11.8 Å². The highest BCUT2D eigenvalue weighted by Gasteiger charge is 2.45. The molecule has 3 aliphatic heterocycles. The molecule has 0 aromatic heterocycles. The van der Waals surface area contributed by atoms with Gasteiger partial charge in [-0.25, -0.2) is 0 Å². The molecule has 3 aliphatic rings. The molecule has 1 N–H and O–H groups in total. The van der Waals surface area contributed by atoms with Crippen molar-refractivity contribution in [3.05, 3.63) is 0 Å². The zero-order valence-corrected chi connectivity index (χ0v) is 12.9. The van der Waals surface area contributed by atoms with Crippen molar-refractivity contribution in [1.82, 2.24) is 5.32 Å². The van der Waals surface area contributed by atoms with Crippen LogP contribution in [0, 0.1) is 11.8 Å². The lowest BCUT2D eigenvalue weighted by molar-refractivity contribution is -0.107. The fourth-order valence-electron chi connectivity index (χ4n) is 4.36. The Morgan fingerprint density at radius 1 is 1.25 bits per heavy atom. The number of ether oxygens (including phenoxy) is 3. The zero-order chi connectivity index (χ0) is 14.0. The maximum absolute atomic E-state index is 6.09. The third kappa shape index (κ3) is 2.89. The van der Waals surface area contributed by atoms with Crippen LogP contribution in [0.3, 0.4) is 0 Å². The molecule has 4 nitrogen and oxygen atoms in total. The van der Waals surface area contributed by atoms with Crippen LogP contribution in [0.1, 0.15) is 39.5 Å². The van der Waals surface area contributed by atoms with Crippen LogP contribution >= 0.6 is 0 Å². The Hall–Kier alpha value is -0.160. The van der Waals surface area contributed by atoms with Gasteiger partial charge < -0.3 is 19.5 Å². The van der Waals surface area contributed by atoms with Crippen LogP contribution in [0.25, 0.3) is 0 Å². The summed E-state index contributed by atoms with van der Waals surface area (Å²) in [6, 6.07) is 0.568. The average molecular weight is 283 g/mol. The summed E-state index contributed by atoms with van der Waals surface area (Å²) in [5.41, 5.74) is 0.0132. The summed E-state index contributed by atoms with van der Waals surface area (Å²) in [6.07, 6.45) is 4.97. The van der Waals surface area contributed by atoms with Crippen LogP contribution in [0.2, 0.25) is 0 Å². The molecule has 0 aromatic carbocycles. The molecular weight excluding hydrogens is 254 g/mol. The van der Waals surface area contributed by atoms with Crippen molar-refractivity contribution in [3.8, 4) is 0 Å². The van der Waals surface area contributed by atoms with Gasteiger partial charge in [0.1, 0.15) is 0 Å². The molecule has 3 fully saturated rings. The lowest BCUT2D eigenvalue weighted by Crippen LogP contribution is -2.51. The highest BCUT2D eigenvalue weighted by molar-refractivity contribution is 4.97. The average Bonchev–Trinajstić information content (AvgIpc) is 3.06. The highest BCUT2D eigenvalue weighted by Crippen LogP contribution is 2.40. The fraction of sp³-hybridized carbons (Fsp3) is 1.00. The second-order valence-electron chi connectivity index (χ2n) is 6.70. The van der Waals surface area contributed by atoms with Crippen LogP contribution in [-0.4, -0.2) is 50.7 Å². The van der Waals surface area contributed by atoms with E-state index in [4.69, 9.17) is 14.2 Å². The minimum atomic E-state index is 0.0132. The van der Waals surface area contributed by atoms with E-state index >= 15 is 0 Å². The quantitative estimate of drug-likeness (QED) is 0.856. The summed E-state index contributed by atoms with van der Waals surface area (Å²) >= 11 is 0. The Balaban J connectivity index is 1.70. The first kappa shape index (κ1) is 14.8. The first-order valence-corrected chi connectivity index (χ1v) is 8.31. The van der Waals surface area contributed by atoms with Crippen molar-refractivity contribution < 1.29 is 14.2 Å². The standard InChI is InChI=1S/C16H29NO3/c1-3-17-15(14-5-7-19-12(14)2)13-4-8-20-16(10-13)6-9-18-11-16/h12-15,17H,3-11H2,1-2H3. The van der Waals surface area contributed by atoms with Crippen molar-refractivity contribution in [3.63, 3.8) is 0 Å². The van der Waals surface area contributed by atoms with Gasteiger partial charge >= 0.3 is 0 Å². The third-order valence-electron chi connectivity index (χ3n) is 5.44. The first-order chi connectivity index (χ1) is 9.74. The lowest BCUT2D eigenvalue weighted by atomic mass is 9.75. The zero-order valence-electron chi connectivity index (χ0n) is 12.9. The highest BCUT2D eigenvalue weighted by atomic mass is 16.6. The SMILES string of the molecule is CCNC(C1CCOC2(CCOC2)C1)C1CCOC1C. The summed E-state index contributed by atoms with van der Waals surface area (Å²) in [5.74, 6) is 1.34.